The van der Waals surface area contributed by atoms with Crippen molar-refractivity contribution in [3.05, 3.63) is 34.9 Å². The van der Waals surface area contributed by atoms with E-state index in [0.717, 1.165) is 11.1 Å². The van der Waals surface area contributed by atoms with Gasteiger partial charge in [-0.1, -0.05) is 30.2 Å². The fourth-order valence-corrected chi connectivity index (χ4v) is 8.44. The summed E-state index contributed by atoms with van der Waals surface area (Å²) >= 11 is 0. The van der Waals surface area contributed by atoms with Crippen molar-refractivity contribution in [2.75, 3.05) is 0 Å². The van der Waals surface area contributed by atoms with Crippen LogP contribution in [0.5, 0.6) is 0 Å². The smallest absolute Gasteiger partial charge is 0.334 e. The summed E-state index contributed by atoms with van der Waals surface area (Å²) in [6.45, 7) is 8.60. The van der Waals surface area contributed by atoms with Gasteiger partial charge in [-0.3, -0.25) is 4.79 Å². The summed E-state index contributed by atoms with van der Waals surface area (Å²) in [6.07, 6.45) is 5.24. The minimum absolute atomic E-state index is 0.0124. The van der Waals surface area contributed by atoms with Crippen LogP contribution in [0.25, 0.3) is 0 Å². The number of hydrogen-bond donors (Lipinski definition) is 4. The first-order chi connectivity index (χ1) is 16.2. The van der Waals surface area contributed by atoms with Gasteiger partial charge in [0.15, 0.2) is 5.78 Å². The van der Waals surface area contributed by atoms with E-state index in [1.165, 1.54) is 6.92 Å². The van der Waals surface area contributed by atoms with Crippen LogP contribution < -0.4 is 0 Å². The lowest BCUT2D eigenvalue weighted by Crippen LogP contribution is -2.72. The molecule has 2 saturated carbocycles. The van der Waals surface area contributed by atoms with E-state index in [1.54, 1.807) is 26.8 Å². The Balaban J connectivity index is 1.57. The van der Waals surface area contributed by atoms with Crippen LogP contribution >= 0.6 is 0 Å². The molecule has 1 unspecified atom stereocenters. The quantitative estimate of drug-likeness (QED) is 0.349. The summed E-state index contributed by atoms with van der Waals surface area (Å²) in [5.41, 5.74) is -5.33. The number of aliphatic hydroxyl groups is 4. The molecule has 5 rings (SSSR count). The van der Waals surface area contributed by atoms with Gasteiger partial charge in [-0.2, -0.15) is 0 Å². The zero-order chi connectivity index (χ0) is 25.8. The van der Waals surface area contributed by atoms with Gasteiger partial charge < -0.3 is 25.2 Å². The lowest BCUT2D eigenvalue weighted by molar-refractivity contribution is -0.283. The Labute approximate surface area is 206 Å². The summed E-state index contributed by atoms with van der Waals surface area (Å²) in [4.78, 5) is 25.6. The number of aliphatic hydroxyl groups excluding tert-OH is 1. The first kappa shape index (κ1) is 24.9. The predicted molar refractivity (Wildman–Crippen MR) is 128 cm³/mol. The van der Waals surface area contributed by atoms with Crippen molar-refractivity contribution in [1.29, 1.82) is 0 Å². The van der Waals surface area contributed by atoms with E-state index < -0.39 is 51.7 Å². The van der Waals surface area contributed by atoms with Gasteiger partial charge in [-0.25, -0.2) is 4.79 Å². The van der Waals surface area contributed by atoms with Gasteiger partial charge in [0.1, 0.15) is 22.9 Å². The number of carbonyl (C=O) groups is 2. The molecule has 0 aromatic carbocycles. The second-order valence-corrected chi connectivity index (χ2v) is 12.3. The molecule has 4 N–H and O–H groups in total. The Bertz CT molecular complexity index is 1080. The van der Waals surface area contributed by atoms with Crippen LogP contribution in [0.4, 0.5) is 0 Å². The number of ether oxygens (including phenoxy) is 1. The average Bonchev–Trinajstić information content (AvgIpc) is 2.96. The highest BCUT2D eigenvalue weighted by Gasteiger charge is 2.79. The predicted octanol–water partition coefficient (Wildman–Crippen LogP) is 2.51. The summed E-state index contributed by atoms with van der Waals surface area (Å²) < 4.78 is 5.58. The van der Waals surface area contributed by atoms with Crippen molar-refractivity contribution < 1.29 is 34.8 Å². The zero-order valence-corrected chi connectivity index (χ0v) is 21.3. The molecule has 0 saturated heterocycles. The molecule has 0 radical (unpaired) electrons. The van der Waals surface area contributed by atoms with Crippen LogP contribution in [0.15, 0.2) is 34.9 Å². The Kier molecular flexibility index (Phi) is 5.24. The lowest BCUT2D eigenvalue weighted by Gasteiger charge is -2.63. The van der Waals surface area contributed by atoms with Crippen LogP contribution in [0.1, 0.15) is 73.1 Å². The van der Waals surface area contributed by atoms with Crippen LogP contribution in [0.3, 0.4) is 0 Å². The van der Waals surface area contributed by atoms with Crippen molar-refractivity contribution in [2.24, 2.45) is 22.7 Å². The fraction of sp³-hybridized carbons (Fsp3) is 0.714. The number of allylic oxidation sites excluding steroid dienone is 4. The molecular weight excluding hydrogens is 448 g/mol. The second kappa shape index (κ2) is 7.37. The molecule has 0 aromatic heterocycles. The molecule has 0 aromatic rings. The van der Waals surface area contributed by atoms with E-state index >= 15 is 0 Å². The molecule has 0 bridgehead atoms. The minimum atomic E-state index is -1.93. The fourth-order valence-electron chi connectivity index (χ4n) is 8.44. The Morgan fingerprint density at radius 3 is 2.49 bits per heavy atom. The summed E-state index contributed by atoms with van der Waals surface area (Å²) in [7, 11) is 0. The normalized spacial score (nSPS) is 49.0. The number of fused-ring (bicyclic) bond motifs is 5. The van der Waals surface area contributed by atoms with Crippen LogP contribution in [0, 0.1) is 22.7 Å². The standard InChI is InChI=1S/C28H38O7/c1-15-13-22(35-23(31)16(15)2)26(5,32)27(33)14-21(30)28(34)19-10-9-17-7-6-8-20(29)25(17,4)18(19)11-12-24(27,28)3/h6,8-9,18-19,21-22,30,32-34H,7,10-14H2,1-5H3/t18?,19-,21-,22-,24-,25+,26+,27+,28+/m1/s1. The number of carbonyl (C=O) groups excluding carboxylic acids is 2. The second-order valence-electron chi connectivity index (χ2n) is 12.3. The molecule has 0 spiro atoms. The van der Waals surface area contributed by atoms with E-state index in [9.17, 15) is 30.0 Å². The topological polar surface area (TPSA) is 124 Å². The minimum Gasteiger partial charge on any atom is -0.455 e. The molecule has 35 heavy (non-hydrogen) atoms. The number of ketones is 1. The molecular formula is C28H38O7. The van der Waals surface area contributed by atoms with Gasteiger partial charge in [0.25, 0.3) is 0 Å². The number of rotatable bonds is 2. The van der Waals surface area contributed by atoms with Crippen LogP contribution in [0.2, 0.25) is 0 Å². The molecule has 7 heteroatoms. The number of esters is 1. The van der Waals surface area contributed by atoms with Gasteiger partial charge in [-0.15, -0.1) is 0 Å². The van der Waals surface area contributed by atoms with Crippen molar-refractivity contribution >= 4 is 11.8 Å². The molecule has 2 fully saturated rings. The highest BCUT2D eigenvalue weighted by molar-refractivity contribution is 5.98. The molecule has 1 heterocycles. The van der Waals surface area contributed by atoms with Crippen molar-refractivity contribution in [2.45, 2.75) is 102 Å². The molecule has 4 aliphatic carbocycles. The van der Waals surface area contributed by atoms with Crippen LogP contribution in [-0.2, 0) is 14.3 Å². The third-order valence-electron chi connectivity index (χ3n) is 11.1. The molecule has 7 nitrogen and oxygen atoms in total. The highest BCUT2D eigenvalue weighted by atomic mass is 16.6. The third-order valence-corrected chi connectivity index (χ3v) is 11.1. The Morgan fingerprint density at radius 1 is 1.14 bits per heavy atom. The highest BCUT2D eigenvalue weighted by Crippen LogP contribution is 2.70. The summed E-state index contributed by atoms with van der Waals surface area (Å²) in [5, 5.41) is 47.9. The Morgan fingerprint density at radius 2 is 1.83 bits per heavy atom. The van der Waals surface area contributed by atoms with E-state index in [0.29, 0.717) is 31.3 Å². The third kappa shape index (κ3) is 2.76. The first-order valence-electron chi connectivity index (χ1n) is 12.8. The molecule has 1 aliphatic heterocycles. The van der Waals surface area contributed by atoms with E-state index in [2.05, 4.69) is 0 Å². The maximum absolute atomic E-state index is 13.1. The SMILES string of the molecule is CC1=C(C)C(=O)O[C@@H]([C@](C)(O)[C@]2(O)C[C@@H](O)[C@@]3(O)[C@@H]4CC=C5CC=CC(=O)[C@]5(C)C4CC[C@@]32C)C1. The van der Waals surface area contributed by atoms with Crippen molar-refractivity contribution in [1.82, 2.24) is 0 Å². The largest absolute Gasteiger partial charge is 0.455 e. The number of hydrogen-bond acceptors (Lipinski definition) is 7. The number of cyclic esters (lactones) is 1. The monoisotopic (exact) mass is 486 g/mol. The van der Waals surface area contributed by atoms with Gasteiger partial charge in [0.05, 0.1) is 11.5 Å². The van der Waals surface area contributed by atoms with E-state index in [-0.39, 0.29) is 24.5 Å². The van der Waals surface area contributed by atoms with Gasteiger partial charge in [0.2, 0.25) is 0 Å². The van der Waals surface area contributed by atoms with Gasteiger partial charge in [0, 0.05) is 23.8 Å². The van der Waals surface area contributed by atoms with Crippen LogP contribution in [-0.4, -0.2) is 61.2 Å². The first-order valence-corrected chi connectivity index (χ1v) is 12.8. The van der Waals surface area contributed by atoms with Crippen molar-refractivity contribution in [3.8, 4) is 0 Å². The Hall–Kier alpha value is -1.80. The molecule has 9 atom stereocenters. The summed E-state index contributed by atoms with van der Waals surface area (Å²) in [6, 6.07) is 0. The maximum atomic E-state index is 13.1. The van der Waals surface area contributed by atoms with Gasteiger partial charge in [-0.05, 0) is 71.3 Å². The van der Waals surface area contributed by atoms with E-state index in [4.69, 9.17) is 4.74 Å². The van der Waals surface area contributed by atoms with Crippen molar-refractivity contribution in [3.63, 3.8) is 0 Å². The molecule has 192 valence electrons. The van der Waals surface area contributed by atoms with Gasteiger partial charge >= 0.3 is 5.97 Å². The average molecular weight is 487 g/mol. The van der Waals surface area contributed by atoms with E-state index in [1.807, 2.05) is 19.1 Å². The summed E-state index contributed by atoms with van der Waals surface area (Å²) in [5.74, 6) is -1.19. The zero-order valence-electron chi connectivity index (χ0n) is 21.3. The lowest BCUT2D eigenvalue weighted by atomic mass is 9.44. The molecule has 0 amide bonds. The molecule has 5 aliphatic rings. The maximum Gasteiger partial charge on any atom is 0.334 e.